The van der Waals surface area contributed by atoms with Gasteiger partial charge in [0.2, 0.25) is 0 Å². The Labute approximate surface area is 178 Å². The third-order valence-corrected chi connectivity index (χ3v) is 5.53. The first-order valence-electron chi connectivity index (χ1n) is 9.56. The molecule has 4 rings (SSSR count). The van der Waals surface area contributed by atoms with Crippen LogP contribution in [0.2, 0.25) is 5.02 Å². The van der Waals surface area contributed by atoms with Crippen molar-refractivity contribution in [3.8, 4) is 0 Å². The molecule has 1 aromatic heterocycles. The number of hydrogen-bond donors (Lipinski definition) is 0. The van der Waals surface area contributed by atoms with Crippen molar-refractivity contribution in [2.24, 2.45) is 0 Å². The van der Waals surface area contributed by atoms with E-state index in [1.807, 2.05) is 29.2 Å². The van der Waals surface area contributed by atoms with Crippen molar-refractivity contribution in [2.75, 3.05) is 31.1 Å². The average molecular weight is 426 g/mol. The molecule has 1 amide bonds. The quantitative estimate of drug-likeness (QED) is 0.461. The summed E-state index contributed by atoms with van der Waals surface area (Å²) < 4.78 is 1.69. The van der Waals surface area contributed by atoms with Gasteiger partial charge in [0.05, 0.1) is 23.2 Å². The first-order chi connectivity index (χ1) is 14.5. The van der Waals surface area contributed by atoms with Crippen LogP contribution in [0.3, 0.4) is 0 Å². The molecule has 0 radical (unpaired) electrons. The highest BCUT2D eigenvalue weighted by atomic mass is 35.5. The zero-order chi connectivity index (χ0) is 21.1. The van der Waals surface area contributed by atoms with Gasteiger partial charge >= 0.3 is 0 Å². The van der Waals surface area contributed by atoms with E-state index in [1.165, 1.54) is 6.07 Å². The molecule has 1 fully saturated rings. The number of anilines is 1. The summed E-state index contributed by atoms with van der Waals surface area (Å²) >= 11 is 6.20. The van der Waals surface area contributed by atoms with Gasteiger partial charge in [-0.15, -0.1) is 0 Å². The van der Waals surface area contributed by atoms with Crippen LogP contribution in [-0.2, 0) is 6.54 Å². The molecule has 2 aromatic carbocycles. The first-order valence-corrected chi connectivity index (χ1v) is 9.94. The number of carbonyl (C=O) groups excluding carboxylic acids is 1. The summed E-state index contributed by atoms with van der Waals surface area (Å²) in [6, 6.07) is 14.2. The van der Waals surface area contributed by atoms with Gasteiger partial charge in [-0.2, -0.15) is 5.10 Å². The maximum absolute atomic E-state index is 12.9. The maximum Gasteiger partial charge on any atom is 0.292 e. The predicted molar refractivity (Wildman–Crippen MR) is 114 cm³/mol. The number of rotatable bonds is 5. The number of nitro benzene ring substituents is 1. The molecule has 0 atom stereocenters. The van der Waals surface area contributed by atoms with Gasteiger partial charge in [-0.05, 0) is 17.7 Å². The van der Waals surface area contributed by atoms with E-state index in [4.69, 9.17) is 11.6 Å². The van der Waals surface area contributed by atoms with Gasteiger partial charge < -0.3 is 9.80 Å². The second-order valence-electron chi connectivity index (χ2n) is 7.04. The number of aromatic nitrogens is 2. The third-order valence-electron chi connectivity index (χ3n) is 5.16. The Bertz CT molecular complexity index is 1080. The van der Waals surface area contributed by atoms with E-state index >= 15 is 0 Å². The van der Waals surface area contributed by atoms with Gasteiger partial charge in [-0.25, -0.2) is 0 Å². The lowest BCUT2D eigenvalue weighted by Crippen LogP contribution is -2.48. The number of hydrogen-bond acceptors (Lipinski definition) is 5. The Kier molecular flexibility index (Phi) is 5.67. The van der Waals surface area contributed by atoms with Crippen LogP contribution in [-0.4, -0.2) is 51.7 Å². The van der Waals surface area contributed by atoms with Crippen LogP contribution in [0.1, 0.15) is 15.9 Å². The molecule has 1 saturated heterocycles. The monoisotopic (exact) mass is 425 g/mol. The van der Waals surface area contributed by atoms with Crippen LogP contribution in [0.15, 0.2) is 60.9 Å². The van der Waals surface area contributed by atoms with E-state index in [9.17, 15) is 14.9 Å². The molecule has 0 N–H and O–H groups in total. The standard InChI is InChI=1S/C21H20ClN5O3/c22-18-6-2-1-5-16(18)14-26-15-17(13-23-26)21(28)25-11-9-24(10-12-25)19-7-3-4-8-20(19)27(29)30/h1-8,13,15H,9-12,14H2. The number of amides is 1. The van der Waals surface area contributed by atoms with Crippen LogP contribution in [0.4, 0.5) is 11.4 Å². The van der Waals surface area contributed by atoms with Crippen molar-refractivity contribution in [1.29, 1.82) is 0 Å². The second-order valence-corrected chi connectivity index (χ2v) is 7.45. The van der Waals surface area contributed by atoms with Gasteiger partial charge in [-0.3, -0.25) is 19.6 Å². The smallest absolute Gasteiger partial charge is 0.292 e. The molecule has 3 aromatic rings. The van der Waals surface area contributed by atoms with Crippen LogP contribution >= 0.6 is 11.6 Å². The summed E-state index contributed by atoms with van der Waals surface area (Å²) in [6.07, 6.45) is 3.29. The number of nitro groups is 1. The van der Waals surface area contributed by atoms with Crippen molar-refractivity contribution in [3.63, 3.8) is 0 Å². The Morgan fingerprint density at radius 3 is 2.50 bits per heavy atom. The van der Waals surface area contributed by atoms with Crippen LogP contribution < -0.4 is 4.90 Å². The number of halogens is 1. The summed E-state index contributed by atoms with van der Waals surface area (Å²) in [4.78, 5) is 27.5. The van der Waals surface area contributed by atoms with Crippen molar-refractivity contribution < 1.29 is 9.72 Å². The molecular formula is C21H20ClN5O3. The zero-order valence-electron chi connectivity index (χ0n) is 16.1. The SMILES string of the molecule is O=C(c1cnn(Cc2ccccc2Cl)c1)N1CCN(c2ccccc2[N+](=O)[O-])CC1. The minimum Gasteiger partial charge on any atom is -0.362 e. The Hall–Kier alpha value is -3.39. The molecule has 9 heteroatoms. The van der Waals surface area contributed by atoms with Crippen LogP contribution in [0.5, 0.6) is 0 Å². The Morgan fingerprint density at radius 2 is 1.77 bits per heavy atom. The van der Waals surface area contributed by atoms with E-state index in [1.54, 1.807) is 40.2 Å². The molecular weight excluding hydrogens is 406 g/mol. The highest BCUT2D eigenvalue weighted by Crippen LogP contribution is 2.28. The van der Waals surface area contributed by atoms with Crippen molar-refractivity contribution in [1.82, 2.24) is 14.7 Å². The molecule has 0 aliphatic carbocycles. The fourth-order valence-electron chi connectivity index (χ4n) is 3.58. The fraction of sp³-hybridized carbons (Fsp3) is 0.238. The second kappa shape index (κ2) is 8.54. The summed E-state index contributed by atoms with van der Waals surface area (Å²) in [7, 11) is 0. The summed E-state index contributed by atoms with van der Waals surface area (Å²) in [5.74, 6) is -0.0948. The van der Waals surface area contributed by atoms with Gasteiger partial charge in [-0.1, -0.05) is 41.9 Å². The fourth-order valence-corrected chi connectivity index (χ4v) is 3.78. The Balaban J connectivity index is 1.40. The van der Waals surface area contributed by atoms with E-state index in [0.717, 1.165) is 5.56 Å². The zero-order valence-corrected chi connectivity index (χ0v) is 16.9. The number of para-hydroxylation sites is 2. The molecule has 154 valence electrons. The van der Waals surface area contributed by atoms with Crippen molar-refractivity contribution in [2.45, 2.75) is 6.54 Å². The third kappa shape index (κ3) is 4.13. The largest absolute Gasteiger partial charge is 0.362 e. The number of carbonyl (C=O) groups is 1. The lowest BCUT2D eigenvalue weighted by atomic mass is 10.2. The summed E-state index contributed by atoms with van der Waals surface area (Å²) in [5, 5.41) is 16.2. The summed E-state index contributed by atoms with van der Waals surface area (Å²) in [5.41, 5.74) is 2.11. The molecule has 1 aliphatic rings. The highest BCUT2D eigenvalue weighted by Gasteiger charge is 2.26. The lowest BCUT2D eigenvalue weighted by Gasteiger charge is -2.35. The number of nitrogens with zero attached hydrogens (tertiary/aromatic N) is 5. The van der Waals surface area contributed by atoms with Gasteiger partial charge in [0, 0.05) is 43.5 Å². The molecule has 0 saturated carbocycles. The van der Waals surface area contributed by atoms with Gasteiger partial charge in [0.25, 0.3) is 11.6 Å². The molecule has 30 heavy (non-hydrogen) atoms. The summed E-state index contributed by atoms with van der Waals surface area (Å²) in [6.45, 7) is 2.52. The predicted octanol–water partition coefficient (Wildman–Crippen LogP) is 3.46. The maximum atomic E-state index is 12.9. The van der Waals surface area contributed by atoms with E-state index in [2.05, 4.69) is 5.10 Å². The lowest BCUT2D eigenvalue weighted by molar-refractivity contribution is -0.384. The van der Waals surface area contributed by atoms with Crippen LogP contribution in [0, 0.1) is 10.1 Å². The minimum atomic E-state index is -0.375. The number of benzene rings is 2. The van der Waals surface area contributed by atoms with Crippen molar-refractivity contribution in [3.05, 3.63) is 87.2 Å². The molecule has 8 nitrogen and oxygen atoms in total. The highest BCUT2D eigenvalue weighted by molar-refractivity contribution is 6.31. The van der Waals surface area contributed by atoms with Gasteiger partial charge in [0.15, 0.2) is 0 Å². The molecule has 0 spiro atoms. The van der Waals surface area contributed by atoms with Crippen molar-refractivity contribution >= 4 is 28.9 Å². The molecule has 0 bridgehead atoms. The normalized spacial score (nSPS) is 14.0. The first kappa shape index (κ1) is 19.9. The van der Waals surface area contributed by atoms with Gasteiger partial charge in [0.1, 0.15) is 5.69 Å². The van der Waals surface area contributed by atoms with E-state index < -0.39 is 0 Å². The Morgan fingerprint density at radius 1 is 1.07 bits per heavy atom. The minimum absolute atomic E-state index is 0.0816. The van der Waals surface area contributed by atoms with Crippen LogP contribution in [0.25, 0.3) is 0 Å². The molecule has 0 unspecified atom stereocenters. The molecule has 1 aliphatic heterocycles. The van der Waals surface area contributed by atoms with E-state index in [-0.39, 0.29) is 16.5 Å². The molecule has 2 heterocycles. The topological polar surface area (TPSA) is 84.5 Å². The average Bonchev–Trinajstić information content (AvgIpc) is 3.23. The number of piperazine rings is 1. The van der Waals surface area contributed by atoms with E-state index in [0.29, 0.717) is 49.0 Å².